The SMILES string of the molecule is C=CCO.CC#CO.CCCCOCCCC.OCc1ccccc1.Oc1ccccc1. The summed E-state index contributed by atoms with van der Waals surface area (Å²) in [5.74, 6) is 2.56. The van der Waals surface area contributed by atoms with Crippen LogP contribution in [0.4, 0.5) is 0 Å². The first kappa shape index (κ1) is 33.8. The molecule has 5 nitrogen and oxygen atoms in total. The maximum Gasteiger partial charge on any atom is 0.115 e. The second-order valence-electron chi connectivity index (χ2n) is 6.13. The molecule has 0 bridgehead atoms. The summed E-state index contributed by atoms with van der Waals surface area (Å²) in [6.07, 6.45) is 8.02. The van der Waals surface area contributed by atoms with Gasteiger partial charge in [0.15, 0.2) is 0 Å². The Morgan fingerprint density at radius 1 is 0.875 bits per heavy atom. The van der Waals surface area contributed by atoms with Gasteiger partial charge in [-0.2, -0.15) is 0 Å². The van der Waals surface area contributed by atoms with Crippen LogP contribution in [0.3, 0.4) is 0 Å². The summed E-state index contributed by atoms with van der Waals surface area (Å²) in [6.45, 7) is 11.3. The van der Waals surface area contributed by atoms with Gasteiger partial charge >= 0.3 is 0 Å². The minimum Gasteiger partial charge on any atom is -0.508 e. The molecule has 0 aliphatic rings. The largest absolute Gasteiger partial charge is 0.508 e. The van der Waals surface area contributed by atoms with Crippen molar-refractivity contribution in [1.29, 1.82) is 0 Å². The number of phenols is 1. The van der Waals surface area contributed by atoms with Crippen LogP contribution in [0.25, 0.3) is 0 Å². The van der Waals surface area contributed by atoms with Gasteiger partial charge in [-0.05, 0) is 30.5 Å². The minimum atomic E-state index is 0.0833. The zero-order chi connectivity index (χ0) is 24.7. The lowest BCUT2D eigenvalue weighted by Gasteiger charge is -1.99. The van der Waals surface area contributed by atoms with Gasteiger partial charge in [-0.1, -0.05) is 87.2 Å². The molecule has 0 saturated heterocycles. The van der Waals surface area contributed by atoms with Crippen molar-refractivity contribution in [1.82, 2.24) is 0 Å². The second kappa shape index (κ2) is 32.9. The predicted molar refractivity (Wildman–Crippen MR) is 134 cm³/mol. The van der Waals surface area contributed by atoms with Crippen LogP contribution in [-0.4, -0.2) is 40.2 Å². The van der Waals surface area contributed by atoms with Gasteiger partial charge in [0.2, 0.25) is 0 Å². The zero-order valence-corrected chi connectivity index (χ0v) is 19.9. The summed E-state index contributed by atoms with van der Waals surface area (Å²) in [5, 5.41) is 32.4. The van der Waals surface area contributed by atoms with Crippen molar-refractivity contribution in [2.75, 3.05) is 19.8 Å². The Morgan fingerprint density at radius 3 is 1.50 bits per heavy atom. The van der Waals surface area contributed by atoms with E-state index in [1.165, 1.54) is 31.8 Å². The molecule has 0 radical (unpaired) electrons. The Kier molecular flexibility index (Phi) is 34.8. The van der Waals surface area contributed by atoms with E-state index in [1.54, 1.807) is 37.3 Å². The van der Waals surface area contributed by atoms with Crippen molar-refractivity contribution in [2.24, 2.45) is 0 Å². The van der Waals surface area contributed by atoms with Crippen molar-refractivity contribution >= 4 is 0 Å². The van der Waals surface area contributed by atoms with Crippen molar-refractivity contribution in [2.45, 2.75) is 53.1 Å². The number of hydrogen-bond donors (Lipinski definition) is 4. The Hall–Kier alpha value is -2.78. The molecular formula is C27H42O5. The van der Waals surface area contributed by atoms with Crippen molar-refractivity contribution in [3.63, 3.8) is 0 Å². The number of unbranched alkanes of at least 4 members (excludes halogenated alkanes) is 2. The number of hydrogen-bond acceptors (Lipinski definition) is 5. The van der Waals surface area contributed by atoms with Gasteiger partial charge in [-0.3, -0.25) is 0 Å². The highest BCUT2D eigenvalue weighted by Gasteiger charge is 1.84. The van der Waals surface area contributed by atoms with Crippen LogP contribution in [0.1, 0.15) is 52.0 Å². The summed E-state index contributed by atoms with van der Waals surface area (Å²) in [7, 11) is 0. The molecule has 0 aliphatic heterocycles. The lowest BCUT2D eigenvalue weighted by Crippen LogP contribution is -1.95. The molecule has 0 fully saturated rings. The fraction of sp³-hybridized carbons (Fsp3) is 0.407. The fourth-order valence-electron chi connectivity index (χ4n) is 1.61. The Balaban J connectivity index is -0.000000341. The van der Waals surface area contributed by atoms with Crippen LogP contribution in [0.15, 0.2) is 73.3 Å². The van der Waals surface area contributed by atoms with Gasteiger partial charge in [0.1, 0.15) is 11.9 Å². The van der Waals surface area contributed by atoms with Crippen molar-refractivity contribution < 1.29 is 25.2 Å². The van der Waals surface area contributed by atoms with E-state index in [0.717, 1.165) is 18.8 Å². The highest BCUT2D eigenvalue weighted by Crippen LogP contribution is 2.02. The quantitative estimate of drug-likeness (QED) is 0.238. The first-order valence-corrected chi connectivity index (χ1v) is 10.8. The molecule has 0 amide bonds. The average molecular weight is 447 g/mol. The van der Waals surface area contributed by atoms with Crippen LogP contribution >= 0.6 is 0 Å². The number of benzene rings is 2. The van der Waals surface area contributed by atoms with Crippen LogP contribution in [-0.2, 0) is 11.3 Å². The molecular weight excluding hydrogens is 404 g/mol. The molecule has 0 heterocycles. The van der Waals surface area contributed by atoms with E-state index >= 15 is 0 Å². The molecule has 0 spiro atoms. The van der Waals surface area contributed by atoms with E-state index in [9.17, 15) is 0 Å². The third kappa shape index (κ3) is 34.7. The molecule has 0 atom stereocenters. The maximum atomic E-state index is 8.63. The van der Waals surface area contributed by atoms with Crippen molar-refractivity contribution in [3.05, 3.63) is 78.9 Å². The van der Waals surface area contributed by atoms with E-state index in [-0.39, 0.29) is 13.2 Å². The van der Waals surface area contributed by atoms with Crippen LogP contribution < -0.4 is 0 Å². The van der Waals surface area contributed by atoms with Gasteiger partial charge in [-0.15, -0.1) is 6.58 Å². The zero-order valence-electron chi connectivity index (χ0n) is 19.9. The standard InChI is InChI=1S/C8H18O.C7H8O.C6H6O.C3H6O.C3H4O/c1-3-5-7-9-8-6-4-2;8-6-7-4-2-1-3-5-7;7-6-4-2-1-3-5-6;2*1-2-3-4/h3-8H2,1-2H3;1-5,8H,6H2;1-5,7H;2,4H,1,3H2;4H,1H3. The maximum absolute atomic E-state index is 8.63. The summed E-state index contributed by atoms with van der Waals surface area (Å²) < 4.78 is 5.31. The molecule has 2 rings (SSSR count). The minimum absolute atomic E-state index is 0.0833. The van der Waals surface area contributed by atoms with E-state index in [4.69, 9.17) is 25.2 Å². The van der Waals surface area contributed by atoms with E-state index < -0.39 is 0 Å². The van der Waals surface area contributed by atoms with Gasteiger partial charge in [-0.25, -0.2) is 0 Å². The number of ether oxygens (including phenoxy) is 1. The Morgan fingerprint density at radius 2 is 1.28 bits per heavy atom. The Bertz CT molecular complexity index is 621. The summed E-state index contributed by atoms with van der Waals surface area (Å²) in [4.78, 5) is 0. The van der Waals surface area contributed by atoms with E-state index in [2.05, 4.69) is 26.3 Å². The normalized spacial score (nSPS) is 8.16. The third-order valence-electron chi connectivity index (χ3n) is 3.31. The number of aromatic hydroxyl groups is 1. The molecule has 0 unspecified atom stereocenters. The number of para-hydroxylation sites is 1. The summed E-state index contributed by atoms with van der Waals surface area (Å²) >= 11 is 0. The number of aliphatic hydroxyl groups excluding tert-OH is 3. The molecule has 5 heteroatoms. The lowest BCUT2D eigenvalue weighted by molar-refractivity contribution is 0.128. The lowest BCUT2D eigenvalue weighted by atomic mass is 10.2. The highest BCUT2D eigenvalue weighted by molar-refractivity contribution is 5.18. The Labute approximate surface area is 195 Å². The van der Waals surface area contributed by atoms with Crippen LogP contribution in [0.2, 0.25) is 0 Å². The van der Waals surface area contributed by atoms with E-state index in [1.807, 2.05) is 36.4 Å². The third-order valence-corrected chi connectivity index (χ3v) is 3.31. The van der Waals surface area contributed by atoms with Crippen LogP contribution in [0.5, 0.6) is 5.75 Å². The van der Waals surface area contributed by atoms with Gasteiger partial charge in [0.05, 0.1) is 13.2 Å². The van der Waals surface area contributed by atoms with Gasteiger partial charge in [0.25, 0.3) is 0 Å². The molecule has 2 aromatic carbocycles. The molecule has 0 saturated carbocycles. The molecule has 0 aliphatic carbocycles. The number of aliphatic hydroxyl groups is 3. The molecule has 4 N–H and O–H groups in total. The van der Waals surface area contributed by atoms with Gasteiger partial charge < -0.3 is 25.2 Å². The number of rotatable bonds is 8. The molecule has 0 aromatic heterocycles. The van der Waals surface area contributed by atoms with Crippen LogP contribution in [0, 0.1) is 12.0 Å². The average Bonchev–Trinajstić information content (AvgIpc) is 2.86. The molecule has 180 valence electrons. The second-order valence-corrected chi connectivity index (χ2v) is 6.13. The topological polar surface area (TPSA) is 90.2 Å². The molecule has 32 heavy (non-hydrogen) atoms. The smallest absolute Gasteiger partial charge is 0.115 e. The van der Waals surface area contributed by atoms with Crippen molar-refractivity contribution in [3.8, 4) is 17.8 Å². The molecule has 2 aromatic rings. The first-order valence-electron chi connectivity index (χ1n) is 10.8. The van der Waals surface area contributed by atoms with Gasteiger partial charge in [0, 0.05) is 20.1 Å². The number of phenolic OH excluding ortho intramolecular Hbond substituents is 1. The summed E-state index contributed by atoms with van der Waals surface area (Å²) in [5.41, 5.74) is 0.965. The fourth-order valence-corrected chi connectivity index (χ4v) is 1.61. The summed E-state index contributed by atoms with van der Waals surface area (Å²) in [6, 6.07) is 18.2. The predicted octanol–water partition coefficient (Wildman–Crippen LogP) is 5.68. The van der Waals surface area contributed by atoms with E-state index in [0.29, 0.717) is 5.75 Å². The first-order chi connectivity index (χ1) is 15.6. The monoisotopic (exact) mass is 446 g/mol. The highest BCUT2D eigenvalue weighted by atomic mass is 16.5.